The molecule has 0 rings (SSSR count). The molecule has 1 unspecified atom stereocenters. The molecule has 0 aromatic heterocycles. The van der Waals surface area contributed by atoms with E-state index in [4.69, 9.17) is 5.11 Å². The smallest absolute Gasteiger partial charge is 0.303 e. The van der Waals surface area contributed by atoms with E-state index in [1.165, 1.54) is 0 Å². The summed E-state index contributed by atoms with van der Waals surface area (Å²) in [5, 5.41) is 11.2. The van der Waals surface area contributed by atoms with Crippen molar-refractivity contribution in [1.29, 1.82) is 0 Å². The van der Waals surface area contributed by atoms with Crippen LogP contribution in [0.3, 0.4) is 0 Å². The van der Waals surface area contributed by atoms with Gasteiger partial charge in [-0.25, -0.2) is 0 Å². The summed E-state index contributed by atoms with van der Waals surface area (Å²) in [4.78, 5) is 21.4. The van der Waals surface area contributed by atoms with Crippen molar-refractivity contribution in [2.45, 2.75) is 46.1 Å². The van der Waals surface area contributed by atoms with Gasteiger partial charge in [0.05, 0.1) is 0 Å². The zero-order chi connectivity index (χ0) is 11.1. The quantitative estimate of drug-likeness (QED) is 0.682. The third kappa shape index (κ3) is 6.46. The summed E-state index contributed by atoms with van der Waals surface area (Å²) in [5.74, 6) is -0.780. The fourth-order valence-corrected chi connectivity index (χ4v) is 1.04. The van der Waals surface area contributed by atoms with Gasteiger partial charge < -0.3 is 10.4 Å². The number of hydrogen-bond donors (Lipinski definition) is 2. The number of carboxylic acids is 1. The largest absolute Gasteiger partial charge is 0.481 e. The van der Waals surface area contributed by atoms with E-state index in [0.29, 0.717) is 12.8 Å². The van der Waals surface area contributed by atoms with Gasteiger partial charge in [0.25, 0.3) is 0 Å². The standard InChI is InChI=1S/C10H19NO3/c1-7(2)10(14)11-8(3)5-4-6-9(12)13/h7-8H,4-6H2,1-3H3,(H,11,14)(H,12,13). The van der Waals surface area contributed by atoms with Crippen molar-refractivity contribution >= 4 is 11.9 Å². The maximum atomic E-state index is 11.2. The Morgan fingerprint density at radius 2 is 1.86 bits per heavy atom. The highest BCUT2D eigenvalue weighted by Crippen LogP contribution is 2.02. The Morgan fingerprint density at radius 3 is 2.29 bits per heavy atom. The molecule has 0 aromatic rings. The van der Waals surface area contributed by atoms with Crippen LogP contribution in [0.2, 0.25) is 0 Å². The average molecular weight is 201 g/mol. The molecule has 82 valence electrons. The van der Waals surface area contributed by atoms with E-state index in [2.05, 4.69) is 5.32 Å². The van der Waals surface area contributed by atoms with Crippen molar-refractivity contribution in [2.75, 3.05) is 0 Å². The van der Waals surface area contributed by atoms with Gasteiger partial charge in [0.15, 0.2) is 0 Å². The molecule has 0 aliphatic rings. The predicted molar refractivity (Wildman–Crippen MR) is 53.9 cm³/mol. The third-order valence-electron chi connectivity index (χ3n) is 1.94. The van der Waals surface area contributed by atoms with Gasteiger partial charge in [-0.3, -0.25) is 9.59 Å². The zero-order valence-electron chi connectivity index (χ0n) is 9.04. The van der Waals surface area contributed by atoms with Gasteiger partial charge in [0.2, 0.25) is 5.91 Å². The Bertz CT molecular complexity index is 202. The van der Waals surface area contributed by atoms with Gasteiger partial charge >= 0.3 is 5.97 Å². The van der Waals surface area contributed by atoms with E-state index < -0.39 is 5.97 Å². The number of amides is 1. The summed E-state index contributed by atoms with van der Waals surface area (Å²) >= 11 is 0. The summed E-state index contributed by atoms with van der Waals surface area (Å²) in [7, 11) is 0. The zero-order valence-corrected chi connectivity index (χ0v) is 9.04. The second-order valence-corrected chi connectivity index (χ2v) is 3.85. The first kappa shape index (κ1) is 12.9. The normalized spacial score (nSPS) is 12.6. The topological polar surface area (TPSA) is 66.4 Å². The van der Waals surface area contributed by atoms with Gasteiger partial charge in [0.1, 0.15) is 0 Å². The molecule has 0 bridgehead atoms. The highest BCUT2D eigenvalue weighted by Gasteiger charge is 2.10. The number of rotatable bonds is 6. The molecule has 0 aliphatic carbocycles. The third-order valence-corrected chi connectivity index (χ3v) is 1.94. The molecule has 14 heavy (non-hydrogen) atoms. The molecular weight excluding hydrogens is 182 g/mol. The van der Waals surface area contributed by atoms with Gasteiger partial charge in [-0.1, -0.05) is 13.8 Å². The number of aliphatic carboxylic acids is 1. The molecule has 0 heterocycles. The summed E-state index contributed by atoms with van der Waals surface area (Å²) in [6.45, 7) is 5.56. The molecule has 4 nitrogen and oxygen atoms in total. The van der Waals surface area contributed by atoms with E-state index in [9.17, 15) is 9.59 Å². The summed E-state index contributed by atoms with van der Waals surface area (Å²) in [6.07, 6.45) is 1.49. The lowest BCUT2D eigenvalue weighted by atomic mass is 10.1. The van der Waals surface area contributed by atoms with Crippen LogP contribution >= 0.6 is 0 Å². The first-order chi connectivity index (χ1) is 6.43. The van der Waals surface area contributed by atoms with Gasteiger partial charge in [0, 0.05) is 18.4 Å². The Kier molecular flexibility index (Phi) is 5.92. The molecule has 0 radical (unpaired) electrons. The highest BCUT2D eigenvalue weighted by molar-refractivity contribution is 5.78. The van der Waals surface area contributed by atoms with Crippen molar-refractivity contribution in [3.8, 4) is 0 Å². The van der Waals surface area contributed by atoms with Crippen LogP contribution in [0.25, 0.3) is 0 Å². The lowest BCUT2D eigenvalue weighted by Gasteiger charge is -2.14. The van der Waals surface area contributed by atoms with Crippen LogP contribution in [0.1, 0.15) is 40.0 Å². The number of nitrogens with one attached hydrogen (secondary N) is 1. The van der Waals surface area contributed by atoms with E-state index in [0.717, 1.165) is 0 Å². The van der Waals surface area contributed by atoms with Crippen molar-refractivity contribution in [3.63, 3.8) is 0 Å². The molecule has 0 spiro atoms. The minimum Gasteiger partial charge on any atom is -0.481 e. The summed E-state index contributed by atoms with van der Waals surface area (Å²) < 4.78 is 0. The van der Waals surface area contributed by atoms with E-state index in [-0.39, 0.29) is 24.3 Å². The number of hydrogen-bond acceptors (Lipinski definition) is 2. The van der Waals surface area contributed by atoms with Crippen LogP contribution in [-0.4, -0.2) is 23.0 Å². The van der Waals surface area contributed by atoms with Crippen LogP contribution in [0.15, 0.2) is 0 Å². The molecule has 4 heteroatoms. The lowest BCUT2D eigenvalue weighted by molar-refractivity contribution is -0.137. The first-order valence-corrected chi connectivity index (χ1v) is 4.95. The molecule has 0 fully saturated rings. The average Bonchev–Trinajstić information content (AvgIpc) is 2.02. The van der Waals surface area contributed by atoms with E-state index in [1.54, 1.807) is 0 Å². The van der Waals surface area contributed by atoms with Crippen LogP contribution < -0.4 is 5.32 Å². The molecule has 0 aromatic carbocycles. The van der Waals surface area contributed by atoms with E-state index in [1.807, 2.05) is 20.8 Å². The molecular formula is C10H19NO3. The van der Waals surface area contributed by atoms with Crippen LogP contribution in [0.4, 0.5) is 0 Å². The van der Waals surface area contributed by atoms with E-state index >= 15 is 0 Å². The fourth-order valence-electron chi connectivity index (χ4n) is 1.04. The van der Waals surface area contributed by atoms with Crippen molar-refractivity contribution in [3.05, 3.63) is 0 Å². The number of carbonyl (C=O) groups excluding carboxylic acids is 1. The second kappa shape index (κ2) is 6.40. The van der Waals surface area contributed by atoms with Crippen LogP contribution in [0.5, 0.6) is 0 Å². The Labute approximate surface area is 84.7 Å². The molecule has 0 saturated carbocycles. The Balaban J connectivity index is 3.60. The minimum atomic E-state index is -0.785. The number of carboxylic acid groups (broad SMARTS) is 1. The minimum absolute atomic E-state index is 0.0167. The monoisotopic (exact) mass is 201 g/mol. The van der Waals surface area contributed by atoms with Gasteiger partial charge in [-0.2, -0.15) is 0 Å². The Hall–Kier alpha value is -1.06. The maximum absolute atomic E-state index is 11.2. The highest BCUT2D eigenvalue weighted by atomic mass is 16.4. The number of carbonyl (C=O) groups is 2. The van der Waals surface area contributed by atoms with Gasteiger partial charge in [-0.05, 0) is 19.8 Å². The van der Waals surface area contributed by atoms with Crippen molar-refractivity contribution < 1.29 is 14.7 Å². The van der Waals surface area contributed by atoms with Crippen LogP contribution in [-0.2, 0) is 9.59 Å². The Morgan fingerprint density at radius 1 is 1.29 bits per heavy atom. The fraction of sp³-hybridized carbons (Fsp3) is 0.800. The SMILES string of the molecule is CC(CCCC(=O)O)NC(=O)C(C)C. The molecule has 1 amide bonds. The first-order valence-electron chi connectivity index (χ1n) is 4.95. The van der Waals surface area contributed by atoms with Crippen molar-refractivity contribution in [2.24, 2.45) is 5.92 Å². The summed E-state index contributed by atoms with van der Waals surface area (Å²) in [6, 6.07) is 0.0595. The molecule has 0 aliphatic heterocycles. The molecule has 1 atom stereocenters. The molecule has 2 N–H and O–H groups in total. The summed E-state index contributed by atoms with van der Waals surface area (Å²) in [5.41, 5.74) is 0. The lowest BCUT2D eigenvalue weighted by Crippen LogP contribution is -2.35. The van der Waals surface area contributed by atoms with Crippen molar-refractivity contribution in [1.82, 2.24) is 5.32 Å². The van der Waals surface area contributed by atoms with Gasteiger partial charge in [-0.15, -0.1) is 0 Å². The van der Waals surface area contributed by atoms with Crippen LogP contribution in [0, 0.1) is 5.92 Å². The molecule has 0 saturated heterocycles. The predicted octanol–water partition coefficient (Wildman–Crippen LogP) is 1.40. The maximum Gasteiger partial charge on any atom is 0.303 e. The second-order valence-electron chi connectivity index (χ2n) is 3.85.